The van der Waals surface area contributed by atoms with Crippen molar-refractivity contribution in [1.29, 1.82) is 0 Å². The minimum Gasteiger partial charge on any atom is -0.382 e. The van der Waals surface area contributed by atoms with E-state index in [2.05, 4.69) is 24.7 Å². The standard InChI is InChI=1S/C12H13N7O3S/c1-23(21,22)18-11-16-9(13)8-10(17-11)19(12(20)15-8)6-7-3-2-4-14-5-7/h2-5H,6H2,1H3,(H,15,20)(H3,13,16,17,18). The number of aromatic nitrogens is 5. The van der Waals surface area contributed by atoms with Gasteiger partial charge in [0.15, 0.2) is 11.5 Å². The molecule has 11 heteroatoms. The first-order valence-electron chi connectivity index (χ1n) is 6.46. The van der Waals surface area contributed by atoms with Gasteiger partial charge in [-0.2, -0.15) is 9.97 Å². The monoisotopic (exact) mass is 335 g/mol. The third kappa shape index (κ3) is 3.13. The average Bonchev–Trinajstić information content (AvgIpc) is 2.76. The van der Waals surface area contributed by atoms with Crippen molar-refractivity contribution in [2.24, 2.45) is 0 Å². The molecule has 0 saturated carbocycles. The maximum atomic E-state index is 12.1. The fraction of sp³-hybridized carbons (Fsp3) is 0.167. The molecule has 0 bridgehead atoms. The number of fused-ring (bicyclic) bond motifs is 1. The second kappa shape index (κ2) is 5.35. The quantitative estimate of drug-likeness (QED) is 0.582. The van der Waals surface area contributed by atoms with Gasteiger partial charge in [-0.15, -0.1) is 0 Å². The molecule has 0 aliphatic heterocycles. The maximum absolute atomic E-state index is 12.1. The normalized spacial score (nSPS) is 11.7. The van der Waals surface area contributed by atoms with Crippen LogP contribution in [0.4, 0.5) is 11.8 Å². The summed E-state index contributed by atoms with van der Waals surface area (Å²) < 4.78 is 26.1. The van der Waals surface area contributed by atoms with E-state index in [1.807, 2.05) is 0 Å². The molecule has 3 heterocycles. The van der Waals surface area contributed by atoms with E-state index in [1.165, 1.54) is 4.57 Å². The molecule has 3 rings (SSSR count). The fourth-order valence-electron chi connectivity index (χ4n) is 2.08. The van der Waals surface area contributed by atoms with Gasteiger partial charge in [0.2, 0.25) is 16.0 Å². The van der Waals surface area contributed by atoms with Crippen molar-refractivity contribution in [3.05, 3.63) is 40.6 Å². The SMILES string of the molecule is CS(=O)(=O)Nc1nc(N)c2[nH]c(=O)n(Cc3cccnc3)c2n1. The van der Waals surface area contributed by atoms with Crippen LogP contribution in [-0.2, 0) is 16.6 Å². The minimum atomic E-state index is -3.57. The van der Waals surface area contributed by atoms with E-state index in [4.69, 9.17) is 5.73 Å². The smallest absolute Gasteiger partial charge is 0.328 e. The van der Waals surface area contributed by atoms with E-state index < -0.39 is 15.7 Å². The van der Waals surface area contributed by atoms with Crippen molar-refractivity contribution in [1.82, 2.24) is 24.5 Å². The van der Waals surface area contributed by atoms with Gasteiger partial charge in [-0.1, -0.05) is 6.07 Å². The molecule has 0 amide bonds. The predicted octanol–water partition coefficient (Wildman–Crippen LogP) is -0.483. The summed E-state index contributed by atoms with van der Waals surface area (Å²) in [7, 11) is -3.57. The first kappa shape index (κ1) is 15.0. The number of nitrogens with one attached hydrogen (secondary N) is 2. The highest BCUT2D eigenvalue weighted by atomic mass is 32.2. The second-order valence-corrected chi connectivity index (χ2v) is 6.63. The van der Waals surface area contributed by atoms with Crippen LogP contribution in [0, 0.1) is 0 Å². The van der Waals surface area contributed by atoms with Gasteiger partial charge in [-0.25, -0.2) is 13.2 Å². The zero-order valence-corrected chi connectivity index (χ0v) is 12.8. The number of anilines is 2. The number of rotatable bonds is 4. The van der Waals surface area contributed by atoms with Gasteiger partial charge in [0, 0.05) is 12.4 Å². The Morgan fingerprint density at radius 2 is 2.17 bits per heavy atom. The highest BCUT2D eigenvalue weighted by Gasteiger charge is 2.15. The molecule has 4 N–H and O–H groups in total. The molecule has 0 atom stereocenters. The van der Waals surface area contributed by atoms with Crippen LogP contribution in [0.15, 0.2) is 29.3 Å². The Kier molecular flexibility index (Phi) is 3.48. The number of aromatic amines is 1. The molecule has 0 radical (unpaired) electrons. The van der Waals surface area contributed by atoms with Crippen molar-refractivity contribution in [3.8, 4) is 0 Å². The van der Waals surface area contributed by atoms with Gasteiger partial charge in [0.05, 0.1) is 12.8 Å². The average molecular weight is 335 g/mol. The Morgan fingerprint density at radius 3 is 2.83 bits per heavy atom. The Balaban J connectivity index is 2.14. The van der Waals surface area contributed by atoms with E-state index in [-0.39, 0.29) is 29.5 Å². The largest absolute Gasteiger partial charge is 0.382 e. The number of hydrogen-bond acceptors (Lipinski definition) is 7. The lowest BCUT2D eigenvalue weighted by Gasteiger charge is -2.06. The number of imidazole rings is 1. The molecular formula is C12H13N7O3S. The summed E-state index contributed by atoms with van der Waals surface area (Å²) in [6, 6.07) is 3.55. The maximum Gasteiger partial charge on any atom is 0.328 e. The van der Waals surface area contributed by atoms with Crippen LogP contribution in [-0.4, -0.2) is 39.2 Å². The van der Waals surface area contributed by atoms with Crippen LogP contribution >= 0.6 is 0 Å². The van der Waals surface area contributed by atoms with Gasteiger partial charge in [-0.3, -0.25) is 14.3 Å². The van der Waals surface area contributed by atoms with Crippen LogP contribution in [0.3, 0.4) is 0 Å². The predicted molar refractivity (Wildman–Crippen MR) is 84.4 cm³/mol. The molecule has 0 aliphatic rings. The summed E-state index contributed by atoms with van der Waals surface area (Å²) in [5.41, 5.74) is 6.58. The van der Waals surface area contributed by atoms with E-state index in [0.717, 1.165) is 11.8 Å². The molecule has 0 fully saturated rings. The summed E-state index contributed by atoms with van der Waals surface area (Å²) in [5.74, 6) is -0.223. The van der Waals surface area contributed by atoms with Crippen molar-refractivity contribution in [2.45, 2.75) is 6.54 Å². The third-order valence-corrected chi connectivity index (χ3v) is 3.54. The zero-order valence-electron chi connectivity index (χ0n) is 12.0. The van der Waals surface area contributed by atoms with Crippen LogP contribution in [0.2, 0.25) is 0 Å². The molecule has 0 saturated heterocycles. The summed E-state index contributed by atoms with van der Waals surface area (Å²) in [5, 5.41) is 0. The molecule has 10 nitrogen and oxygen atoms in total. The summed E-state index contributed by atoms with van der Waals surface area (Å²) >= 11 is 0. The Morgan fingerprint density at radius 1 is 1.39 bits per heavy atom. The lowest BCUT2D eigenvalue weighted by molar-refractivity contribution is 0.606. The van der Waals surface area contributed by atoms with Crippen LogP contribution < -0.4 is 16.1 Å². The molecule has 0 unspecified atom stereocenters. The fourth-order valence-corrected chi connectivity index (χ4v) is 2.51. The van der Waals surface area contributed by atoms with E-state index in [9.17, 15) is 13.2 Å². The molecule has 23 heavy (non-hydrogen) atoms. The third-order valence-electron chi connectivity index (χ3n) is 2.99. The van der Waals surface area contributed by atoms with Crippen LogP contribution in [0.5, 0.6) is 0 Å². The number of nitrogens with two attached hydrogens (primary N) is 1. The van der Waals surface area contributed by atoms with Gasteiger partial charge in [0.25, 0.3) is 0 Å². The number of pyridine rings is 1. The Labute approximate surface area is 130 Å². The number of sulfonamides is 1. The van der Waals surface area contributed by atoms with Gasteiger partial charge >= 0.3 is 5.69 Å². The lowest BCUT2D eigenvalue weighted by Crippen LogP contribution is -2.18. The first-order chi connectivity index (χ1) is 10.8. The van der Waals surface area contributed by atoms with Gasteiger partial charge in [0.1, 0.15) is 5.52 Å². The molecule has 0 spiro atoms. The number of nitrogens with zero attached hydrogens (tertiary/aromatic N) is 4. The topological polar surface area (TPSA) is 149 Å². The van der Waals surface area contributed by atoms with Crippen LogP contribution in [0.25, 0.3) is 11.2 Å². The number of H-pyrrole nitrogens is 1. The zero-order chi connectivity index (χ0) is 16.6. The lowest BCUT2D eigenvalue weighted by atomic mass is 10.3. The van der Waals surface area contributed by atoms with Crippen molar-refractivity contribution >= 4 is 33.0 Å². The highest BCUT2D eigenvalue weighted by Crippen LogP contribution is 2.17. The second-order valence-electron chi connectivity index (χ2n) is 4.88. The van der Waals surface area contributed by atoms with E-state index >= 15 is 0 Å². The first-order valence-corrected chi connectivity index (χ1v) is 8.35. The molecule has 120 valence electrons. The minimum absolute atomic E-state index is 0.0248. The van der Waals surface area contributed by atoms with Crippen molar-refractivity contribution < 1.29 is 8.42 Å². The van der Waals surface area contributed by atoms with Crippen molar-refractivity contribution in [3.63, 3.8) is 0 Å². The van der Waals surface area contributed by atoms with Gasteiger partial charge in [-0.05, 0) is 11.6 Å². The Bertz CT molecular complexity index is 1020. The van der Waals surface area contributed by atoms with E-state index in [1.54, 1.807) is 24.5 Å². The molecule has 3 aromatic rings. The van der Waals surface area contributed by atoms with E-state index in [0.29, 0.717) is 0 Å². The Hall–Kier alpha value is -2.95. The molecule has 3 aromatic heterocycles. The van der Waals surface area contributed by atoms with Crippen LogP contribution in [0.1, 0.15) is 5.56 Å². The highest BCUT2D eigenvalue weighted by molar-refractivity contribution is 7.91. The molecule has 0 aliphatic carbocycles. The summed E-state index contributed by atoms with van der Waals surface area (Å²) in [6.07, 6.45) is 4.21. The van der Waals surface area contributed by atoms with Gasteiger partial charge < -0.3 is 10.7 Å². The molecule has 0 aromatic carbocycles. The number of hydrogen-bond donors (Lipinski definition) is 3. The summed E-state index contributed by atoms with van der Waals surface area (Å²) in [4.78, 5) is 26.6. The van der Waals surface area contributed by atoms with Crippen molar-refractivity contribution in [2.75, 3.05) is 16.7 Å². The number of nitrogen functional groups attached to an aromatic ring is 1. The molecular weight excluding hydrogens is 322 g/mol. The summed E-state index contributed by atoms with van der Waals surface area (Å²) in [6.45, 7) is 0.210.